The van der Waals surface area contributed by atoms with E-state index in [1.54, 1.807) is 12.1 Å². The second-order valence-electron chi connectivity index (χ2n) is 4.36. The Balaban J connectivity index is 0.00000162. The molecule has 18 heavy (non-hydrogen) atoms. The molecule has 0 radical (unpaired) electrons. The van der Waals surface area contributed by atoms with E-state index >= 15 is 0 Å². The van der Waals surface area contributed by atoms with E-state index in [1.165, 1.54) is 12.1 Å². The van der Waals surface area contributed by atoms with E-state index in [0.29, 0.717) is 5.56 Å². The van der Waals surface area contributed by atoms with Crippen LogP contribution in [0.5, 0.6) is 0 Å². The second-order valence-corrected chi connectivity index (χ2v) is 4.36. The first kappa shape index (κ1) is 14.9. The van der Waals surface area contributed by atoms with E-state index in [9.17, 15) is 9.18 Å². The van der Waals surface area contributed by atoms with Crippen LogP contribution < -0.4 is 5.32 Å². The second kappa shape index (κ2) is 6.71. The molecule has 1 heterocycles. The predicted octanol–water partition coefficient (Wildman–Crippen LogP) is 2.07. The van der Waals surface area contributed by atoms with Gasteiger partial charge in [0, 0.05) is 24.7 Å². The third kappa shape index (κ3) is 3.21. The highest BCUT2D eigenvalue weighted by molar-refractivity contribution is 5.94. The van der Waals surface area contributed by atoms with Crippen molar-refractivity contribution in [2.45, 2.75) is 18.9 Å². The van der Waals surface area contributed by atoms with E-state index < -0.39 is 0 Å². The van der Waals surface area contributed by atoms with E-state index in [0.717, 1.165) is 25.9 Å². The fraction of sp³-hybridized carbons (Fsp3) is 0.462. The van der Waals surface area contributed by atoms with Crippen LogP contribution in [0.2, 0.25) is 0 Å². The monoisotopic (exact) mass is 272 g/mol. The predicted molar refractivity (Wildman–Crippen MR) is 71.6 cm³/mol. The first-order valence-corrected chi connectivity index (χ1v) is 5.93. The number of carbonyl (C=O) groups excluding carboxylic acids is 1. The summed E-state index contributed by atoms with van der Waals surface area (Å²) < 4.78 is 12.8. The van der Waals surface area contributed by atoms with Gasteiger partial charge in [-0.2, -0.15) is 0 Å². The van der Waals surface area contributed by atoms with Crippen molar-refractivity contribution < 1.29 is 9.18 Å². The number of nitrogens with one attached hydrogen (secondary N) is 1. The molecule has 1 unspecified atom stereocenters. The molecule has 1 amide bonds. The van der Waals surface area contributed by atoms with E-state index in [-0.39, 0.29) is 30.2 Å². The summed E-state index contributed by atoms with van der Waals surface area (Å²) in [6.07, 6.45) is 2.08. The van der Waals surface area contributed by atoms with Crippen molar-refractivity contribution in [3.05, 3.63) is 35.6 Å². The molecule has 0 bridgehead atoms. The highest BCUT2D eigenvalue weighted by Crippen LogP contribution is 2.19. The Morgan fingerprint density at radius 3 is 2.72 bits per heavy atom. The van der Waals surface area contributed by atoms with Crippen molar-refractivity contribution in [1.82, 2.24) is 10.2 Å². The van der Waals surface area contributed by atoms with Gasteiger partial charge in [0.25, 0.3) is 5.91 Å². The molecule has 3 nitrogen and oxygen atoms in total. The molecule has 1 aliphatic rings. The van der Waals surface area contributed by atoms with Crippen molar-refractivity contribution in [3.8, 4) is 0 Å². The molecule has 1 saturated heterocycles. The van der Waals surface area contributed by atoms with Gasteiger partial charge in [-0.05, 0) is 44.2 Å². The van der Waals surface area contributed by atoms with Crippen LogP contribution in [0, 0.1) is 5.82 Å². The molecule has 100 valence electrons. The molecule has 1 fully saturated rings. The molecule has 0 spiro atoms. The number of hydrogen-bond acceptors (Lipinski definition) is 2. The maximum Gasteiger partial charge on any atom is 0.254 e. The average molecular weight is 273 g/mol. The number of likely N-dealkylation sites (tertiary alicyclic amines) is 1. The van der Waals surface area contributed by atoms with Crippen LogP contribution >= 0.6 is 12.4 Å². The van der Waals surface area contributed by atoms with Gasteiger partial charge in [0.1, 0.15) is 5.82 Å². The number of likely N-dealkylation sites (N-methyl/N-ethyl adjacent to an activating group) is 1. The molecule has 0 aliphatic carbocycles. The largest absolute Gasteiger partial charge is 0.334 e. The number of rotatable bonds is 3. The third-order valence-electron chi connectivity index (χ3n) is 3.17. The molecule has 1 atom stereocenters. The fourth-order valence-electron chi connectivity index (χ4n) is 2.31. The molecule has 0 saturated carbocycles. The lowest BCUT2D eigenvalue weighted by atomic mass is 10.1. The van der Waals surface area contributed by atoms with Gasteiger partial charge in [-0.3, -0.25) is 4.79 Å². The van der Waals surface area contributed by atoms with Crippen LogP contribution in [-0.2, 0) is 0 Å². The first-order valence-electron chi connectivity index (χ1n) is 5.93. The van der Waals surface area contributed by atoms with Gasteiger partial charge in [-0.1, -0.05) is 0 Å². The number of benzene rings is 1. The van der Waals surface area contributed by atoms with Crippen molar-refractivity contribution in [2.75, 3.05) is 20.1 Å². The van der Waals surface area contributed by atoms with Crippen LogP contribution in [-0.4, -0.2) is 37.0 Å². The van der Waals surface area contributed by atoms with Crippen LogP contribution in [0.3, 0.4) is 0 Å². The Bertz CT molecular complexity index is 396. The first-order chi connectivity index (χ1) is 8.22. The van der Waals surface area contributed by atoms with Gasteiger partial charge >= 0.3 is 0 Å². The zero-order valence-corrected chi connectivity index (χ0v) is 11.2. The van der Waals surface area contributed by atoms with Crippen molar-refractivity contribution in [3.63, 3.8) is 0 Å². The smallest absolute Gasteiger partial charge is 0.254 e. The summed E-state index contributed by atoms with van der Waals surface area (Å²) >= 11 is 0. The van der Waals surface area contributed by atoms with E-state index in [2.05, 4.69) is 5.32 Å². The van der Waals surface area contributed by atoms with Crippen LogP contribution in [0.25, 0.3) is 0 Å². The summed E-state index contributed by atoms with van der Waals surface area (Å²) in [6.45, 7) is 1.61. The molecule has 1 aromatic rings. The lowest BCUT2D eigenvalue weighted by Gasteiger charge is -2.24. The van der Waals surface area contributed by atoms with Gasteiger partial charge in [0.05, 0.1) is 0 Å². The lowest BCUT2D eigenvalue weighted by molar-refractivity contribution is 0.0737. The molecule has 1 aromatic carbocycles. The van der Waals surface area contributed by atoms with Gasteiger partial charge < -0.3 is 10.2 Å². The Morgan fingerprint density at radius 1 is 1.44 bits per heavy atom. The molecule has 1 aliphatic heterocycles. The molecular weight excluding hydrogens is 255 g/mol. The maximum atomic E-state index is 12.8. The van der Waals surface area contributed by atoms with E-state index in [4.69, 9.17) is 0 Å². The topological polar surface area (TPSA) is 32.3 Å². The maximum absolute atomic E-state index is 12.8. The van der Waals surface area contributed by atoms with E-state index in [1.807, 2.05) is 11.9 Å². The number of carbonyl (C=O) groups is 1. The van der Waals surface area contributed by atoms with Crippen molar-refractivity contribution in [2.24, 2.45) is 0 Å². The molecule has 0 aromatic heterocycles. The van der Waals surface area contributed by atoms with Gasteiger partial charge in [-0.15, -0.1) is 12.4 Å². The highest BCUT2D eigenvalue weighted by Gasteiger charge is 2.28. The summed E-state index contributed by atoms with van der Waals surface area (Å²) in [4.78, 5) is 14.1. The zero-order chi connectivity index (χ0) is 12.3. The minimum Gasteiger partial charge on any atom is -0.334 e. The molecule has 1 N–H and O–H groups in total. The Morgan fingerprint density at radius 2 is 2.11 bits per heavy atom. The number of hydrogen-bond donors (Lipinski definition) is 1. The van der Waals surface area contributed by atoms with Crippen molar-refractivity contribution >= 4 is 18.3 Å². The Kier molecular flexibility index (Phi) is 5.56. The Labute approximate surface area is 113 Å². The molecular formula is C13H18ClFN2O. The lowest BCUT2D eigenvalue weighted by Crippen LogP contribution is -2.40. The SMILES string of the molecule is CNCC1CCCN1C(=O)c1ccc(F)cc1.Cl. The summed E-state index contributed by atoms with van der Waals surface area (Å²) in [5.74, 6) is -0.308. The van der Waals surface area contributed by atoms with Gasteiger partial charge in [0.2, 0.25) is 0 Å². The molecule has 2 rings (SSSR count). The summed E-state index contributed by atoms with van der Waals surface area (Å²) in [5.41, 5.74) is 0.564. The standard InChI is InChI=1S/C13H17FN2O.ClH/c1-15-9-12-3-2-8-16(12)13(17)10-4-6-11(14)7-5-10;/h4-7,12,15H,2-3,8-9H2,1H3;1H. The third-order valence-corrected chi connectivity index (χ3v) is 3.17. The van der Waals surface area contributed by atoms with Crippen LogP contribution in [0.1, 0.15) is 23.2 Å². The summed E-state index contributed by atoms with van der Waals surface area (Å²) in [5, 5.41) is 3.10. The van der Waals surface area contributed by atoms with Crippen LogP contribution in [0.4, 0.5) is 4.39 Å². The number of halogens is 2. The van der Waals surface area contributed by atoms with Crippen LogP contribution in [0.15, 0.2) is 24.3 Å². The fourth-order valence-corrected chi connectivity index (χ4v) is 2.31. The normalized spacial score (nSPS) is 18.6. The minimum atomic E-state index is -0.310. The zero-order valence-electron chi connectivity index (χ0n) is 10.4. The number of nitrogens with zero attached hydrogens (tertiary/aromatic N) is 1. The van der Waals surface area contributed by atoms with Gasteiger partial charge in [0.15, 0.2) is 0 Å². The number of amides is 1. The average Bonchev–Trinajstić information content (AvgIpc) is 2.78. The summed E-state index contributed by atoms with van der Waals surface area (Å²) in [6, 6.07) is 6.02. The Hall–Kier alpha value is -1.13. The highest BCUT2D eigenvalue weighted by atomic mass is 35.5. The summed E-state index contributed by atoms with van der Waals surface area (Å²) in [7, 11) is 1.89. The minimum absolute atomic E-state index is 0. The van der Waals surface area contributed by atoms with Crippen molar-refractivity contribution in [1.29, 1.82) is 0 Å². The van der Waals surface area contributed by atoms with Gasteiger partial charge in [-0.25, -0.2) is 4.39 Å². The quantitative estimate of drug-likeness (QED) is 0.914. The molecule has 5 heteroatoms.